The first-order chi connectivity index (χ1) is 16.9. The maximum absolute atomic E-state index is 13.1. The van der Waals surface area contributed by atoms with E-state index >= 15 is 0 Å². The Balaban J connectivity index is 1.53. The molecule has 1 N–H and O–H groups in total. The highest BCUT2D eigenvalue weighted by atomic mass is 79.9. The Hall–Kier alpha value is -3.62. The molecule has 0 aliphatic carbocycles. The molecule has 3 aromatic carbocycles. The van der Waals surface area contributed by atoms with Gasteiger partial charge in [-0.1, -0.05) is 45.7 Å². The van der Waals surface area contributed by atoms with Gasteiger partial charge < -0.3 is 9.47 Å². The van der Waals surface area contributed by atoms with Crippen LogP contribution in [0.2, 0.25) is 5.02 Å². The standard InChI is InChI=1S/C26H20BrClN2O5/c1-2-34-20-10-8-19(9-11-20)30-25(32)21(24(31)29-26(30)33)13-17-5-12-23(22(28)14-17)35-15-16-3-6-18(27)7-4-16/h3-14H,2,15H2,1H3,(H,29,31,33)/b21-13+. The van der Waals surface area contributed by atoms with Crippen molar-refractivity contribution in [2.24, 2.45) is 0 Å². The molecule has 1 fully saturated rings. The number of nitrogens with zero attached hydrogens (tertiary/aromatic N) is 1. The van der Waals surface area contributed by atoms with Gasteiger partial charge >= 0.3 is 6.03 Å². The molecule has 4 rings (SSSR count). The van der Waals surface area contributed by atoms with E-state index in [1.165, 1.54) is 6.08 Å². The zero-order chi connectivity index (χ0) is 24.9. The summed E-state index contributed by atoms with van der Waals surface area (Å²) in [5.41, 5.74) is 1.59. The normalized spacial score (nSPS) is 14.8. The highest BCUT2D eigenvalue weighted by molar-refractivity contribution is 9.10. The second-order valence-corrected chi connectivity index (χ2v) is 8.81. The molecule has 3 aromatic rings. The van der Waals surface area contributed by atoms with Crippen LogP contribution in [0.3, 0.4) is 0 Å². The Labute approximate surface area is 215 Å². The van der Waals surface area contributed by atoms with Gasteiger partial charge in [-0.2, -0.15) is 0 Å². The number of rotatable bonds is 7. The largest absolute Gasteiger partial charge is 0.494 e. The van der Waals surface area contributed by atoms with E-state index < -0.39 is 17.8 Å². The van der Waals surface area contributed by atoms with Crippen LogP contribution in [0.5, 0.6) is 11.5 Å². The van der Waals surface area contributed by atoms with Crippen LogP contribution in [-0.4, -0.2) is 24.5 Å². The lowest BCUT2D eigenvalue weighted by molar-refractivity contribution is -0.122. The van der Waals surface area contributed by atoms with E-state index in [2.05, 4.69) is 21.2 Å². The van der Waals surface area contributed by atoms with Crippen molar-refractivity contribution in [2.75, 3.05) is 11.5 Å². The zero-order valence-electron chi connectivity index (χ0n) is 18.6. The molecular formula is C26H20BrClN2O5. The van der Waals surface area contributed by atoms with Crippen molar-refractivity contribution in [2.45, 2.75) is 13.5 Å². The van der Waals surface area contributed by atoms with E-state index in [1.54, 1.807) is 42.5 Å². The molecule has 0 aromatic heterocycles. The van der Waals surface area contributed by atoms with Crippen LogP contribution < -0.4 is 19.7 Å². The molecule has 0 atom stereocenters. The number of urea groups is 1. The molecule has 35 heavy (non-hydrogen) atoms. The van der Waals surface area contributed by atoms with Crippen molar-refractivity contribution in [3.63, 3.8) is 0 Å². The van der Waals surface area contributed by atoms with Crippen LogP contribution in [0, 0.1) is 0 Å². The number of imide groups is 2. The van der Waals surface area contributed by atoms with Crippen LogP contribution in [0.1, 0.15) is 18.1 Å². The van der Waals surface area contributed by atoms with E-state index in [9.17, 15) is 14.4 Å². The highest BCUT2D eigenvalue weighted by Crippen LogP contribution is 2.29. The quantitative estimate of drug-likeness (QED) is 0.297. The van der Waals surface area contributed by atoms with Gasteiger partial charge in [0.2, 0.25) is 0 Å². The van der Waals surface area contributed by atoms with Gasteiger partial charge in [-0.05, 0) is 72.7 Å². The molecule has 0 bridgehead atoms. The Kier molecular flexibility index (Phi) is 7.53. The number of halogens is 2. The van der Waals surface area contributed by atoms with Gasteiger partial charge in [-0.15, -0.1) is 0 Å². The molecule has 1 aliphatic heterocycles. The number of hydrogen-bond donors (Lipinski definition) is 1. The lowest BCUT2D eigenvalue weighted by atomic mass is 10.1. The summed E-state index contributed by atoms with van der Waals surface area (Å²) < 4.78 is 12.2. The summed E-state index contributed by atoms with van der Waals surface area (Å²) in [6, 6.07) is 18.2. The van der Waals surface area contributed by atoms with E-state index in [4.69, 9.17) is 21.1 Å². The lowest BCUT2D eigenvalue weighted by Crippen LogP contribution is -2.54. The number of carbonyl (C=O) groups is 3. The first kappa shape index (κ1) is 24.5. The molecule has 9 heteroatoms. The molecule has 0 spiro atoms. The summed E-state index contributed by atoms with van der Waals surface area (Å²) in [6.07, 6.45) is 1.38. The number of anilines is 1. The molecule has 0 unspecified atom stereocenters. The minimum absolute atomic E-state index is 0.196. The van der Waals surface area contributed by atoms with Gasteiger partial charge in [0.05, 0.1) is 17.3 Å². The molecule has 1 heterocycles. The van der Waals surface area contributed by atoms with Crippen LogP contribution in [0.15, 0.2) is 76.8 Å². The molecule has 0 radical (unpaired) electrons. The molecular weight excluding hydrogens is 536 g/mol. The number of hydrogen-bond acceptors (Lipinski definition) is 5. The van der Waals surface area contributed by atoms with Crippen LogP contribution in [-0.2, 0) is 16.2 Å². The number of barbiturate groups is 1. The van der Waals surface area contributed by atoms with Crippen LogP contribution in [0.25, 0.3) is 6.08 Å². The minimum atomic E-state index is -0.823. The topological polar surface area (TPSA) is 84.9 Å². The lowest BCUT2D eigenvalue weighted by Gasteiger charge is -2.26. The number of ether oxygens (including phenoxy) is 2. The van der Waals surface area contributed by atoms with Crippen molar-refractivity contribution < 1.29 is 23.9 Å². The summed E-state index contributed by atoms with van der Waals surface area (Å²) >= 11 is 9.77. The molecule has 0 saturated carbocycles. The highest BCUT2D eigenvalue weighted by Gasteiger charge is 2.36. The monoisotopic (exact) mass is 554 g/mol. The van der Waals surface area contributed by atoms with Crippen molar-refractivity contribution in [3.8, 4) is 11.5 Å². The Morgan fingerprint density at radius 3 is 2.34 bits per heavy atom. The van der Waals surface area contributed by atoms with Crippen molar-refractivity contribution in [1.29, 1.82) is 0 Å². The minimum Gasteiger partial charge on any atom is -0.494 e. The second-order valence-electron chi connectivity index (χ2n) is 7.49. The average Bonchev–Trinajstić information content (AvgIpc) is 2.83. The predicted molar refractivity (Wildman–Crippen MR) is 137 cm³/mol. The second kappa shape index (κ2) is 10.8. The van der Waals surface area contributed by atoms with Crippen LogP contribution in [0.4, 0.5) is 10.5 Å². The van der Waals surface area contributed by atoms with Crippen molar-refractivity contribution in [3.05, 3.63) is 92.9 Å². The zero-order valence-corrected chi connectivity index (χ0v) is 20.9. The Morgan fingerprint density at radius 1 is 0.971 bits per heavy atom. The Bertz CT molecular complexity index is 1310. The van der Waals surface area contributed by atoms with Gasteiger partial charge in [-0.25, -0.2) is 9.69 Å². The third-order valence-electron chi connectivity index (χ3n) is 5.08. The molecule has 4 amide bonds. The summed E-state index contributed by atoms with van der Waals surface area (Å²) in [5, 5.41) is 2.52. The summed E-state index contributed by atoms with van der Waals surface area (Å²) in [5.74, 6) is -0.462. The first-order valence-electron chi connectivity index (χ1n) is 10.7. The van der Waals surface area contributed by atoms with Gasteiger partial charge in [0.15, 0.2) is 0 Å². The predicted octanol–water partition coefficient (Wildman–Crippen LogP) is 5.75. The van der Waals surface area contributed by atoms with Gasteiger partial charge in [0.1, 0.15) is 23.7 Å². The number of amides is 4. The first-order valence-corrected chi connectivity index (χ1v) is 11.8. The fourth-order valence-corrected chi connectivity index (χ4v) is 3.89. The fraction of sp³-hybridized carbons (Fsp3) is 0.115. The third-order valence-corrected chi connectivity index (χ3v) is 5.91. The maximum Gasteiger partial charge on any atom is 0.335 e. The smallest absolute Gasteiger partial charge is 0.335 e. The van der Waals surface area contributed by atoms with E-state index in [1.807, 2.05) is 31.2 Å². The van der Waals surface area contributed by atoms with Gasteiger partial charge in [0.25, 0.3) is 11.8 Å². The Morgan fingerprint density at radius 2 is 1.69 bits per heavy atom. The molecule has 1 saturated heterocycles. The van der Waals surface area contributed by atoms with Crippen molar-refractivity contribution >= 4 is 57.1 Å². The summed E-state index contributed by atoms with van der Waals surface area (Å²) in [7, 11) is 0. The summed E-state index contributed by atoms with van der Waals surface area (Å²) in [4.78, 5) is 38.8. The average molecular weight is 556 g/mol. The van der Waals surface area contributed by atoms with Crippen molar-refractivity contribution in [1.82, 2.24) is 5.32 Å². The van der Waals surface area contributed by atoms with Gasteiger partial charge in [0, 0.05) is 4.47 Å². The van der Waals surface area contributed by atoms with E-state index in [-0.39, 0.29) is 5.57 Å². The molecule has 178 valence electrons. The SMILES string of the molecule is CCOc1ccc(N2C(=O)NC(=O)/C(=C\c3ccc(OCc4ccc(Br)cc4)c(Cl)c3)C2=O)cc1. The number of benzene rings is 3. The molecule has 7 nitrogen and oxygen atoms in total. The summed E-state index contributed by atoms with van der Waals surface area (Å²) in [6.45, 7) is 2.67. The van der Waals surface area contributed by atoms with Gasteiger partial charge in [-0.3, -0.25) is 14.9 Å². The molecule has 1 aliphatic rings. The number of carbonyl (C=O) groups excluding carboxylic acids is 3. The number of nitrogens with one attached hydrogen (secondary N) is 1. The van der Waals surface area contributed by atoms with Crippen LogP contribution >= 0.6 is 27.5 Å². The maximum atomic E-state index is 13.1. The fourth-order valence-electron chi connectivity index (χ4n) is 3.38. The third kappa shape index (κ3) is 5.72. The van der Waals surface area contributed by atoms with E-state index in [0.29, 0.717) is 41.0 Å². The van der Waals surface area contributed by atoms with E-state index in [0.717, 1.165) is 14.9 Å².